The molecule has 6 aliphatic heterocycles. The second-order valence-corrected chi connectivity index (χ2v) is 28.1. The van der Waals surface area contributed by atoms with Crippen LogP contribution in [0.1, 0.15) is 150 Å². The standard InChI is InChI=1S/C62H88N13O14P.CN.Co/c1-29-20-39-40(21-30(29)2)75(28-70-39)57-52(84)53(41(27-76)87-57)89-90(85,86)88-31(3)26-69-49(83)18-19-59(8)37(22-46(66)80)56-62(11)61(10,25-48(68)82)36(14-17-45(65)79)51(74-62)33(5)55-60(9,24-47(67)81)34(12-15-43(63)77)38(71-55)23-42-58(6,7)35(13-16-44(64)78)50(72-42)32(4)54(59)73-56;1-2;/h20-21,23,28,31,34-37,41,52-53,57,76,84H,12-19,22,24-27H2,1-11H3,(H2,63,77)(H2,64,78)(H2,65,79)(H2,66,80)(H2,67,81)(H2,68,82)(H,69,83)(H,85,86);;/q;-1;+2/p-1/b42-23-,54-32-,55-33-;;/t31?,34?,35?,36?,37?,41-,52?,53?,57+,59?,60?,61?,62?;;/m1../s1. The van der Waals surface area contributed by atoms with Crippen molar-refractivity contribution in [3.05, 3.63) is 70.5 Å². The van der Waals surface area contributed by atoms with Gasteiger partial charge in [-0.2, -0.15) is 0 Å². The van der Waals surface area contributed by atoms with Crippen LogP contribution in [0.15, 0.2) is 72.7 Å². The number of phosphoric ester groups is 1. The van der Waals surface area contributed by atoms with Gasteiger partial charge in [0.2, 0.25) is 41.4 Å². The zero-order valence-electron chi connectivity index (χ0n) is 54.4. The van der Waals surface area contributed by atoms with Crippen LogP contribution in [0.4, 0.5) is 0 Å². The maximum atomic E-state index is 14.3. The van der Waals surface area contributed by atoms with Crippen molar-refractivity contribution in [2.75, 3.05) is 13.2 Å². The smallest absolute Gasteiger partial charge is 0.756 e. The molecule has 7 heterocycles. The van der Waals surface area contributed by atoms with Gasteiger partial charge in [0, 0.05) is 120 Å². The number of fused-ring (bicyclic) bond motifs is 6. The second kappa shape index (κ2) is 28.4. The number of aliphatic hydroxyl groups is 2. The third-order valence-electron chi connectivity index (χ3n) is 20.2. The van der Waals surface area contributed by atoms with Gasteiger partial charge in [0.25, 0.3) is 7.82 Å². The van der Waals surface area contributed by atoms with Gasteiger partial charge in [0.1, 0.15) is 23.9 Å². The van der Waals surface area contributed by atoms with Crippen LogP contribution in [0.3, 0.4) is 0 Å². The molecule has 0 saturated carbocycles. The molecule has 6 aliphatic rings. The molecule has 93 heavy (non-hydrogen) atoms. The second-order valence-electron chi connectivity index (χ2n) is 26.8. The number of imidazole rings is 1. The van der Waals surface area contributed by atoms with Crippen LogP contribution in [0, 0.1) is 71.0 Å². The van der Waals surface area contributed by atoms with Gasteiger partial charge in [-0.15, -0.1) is 0 Å². The molecule has 1 aromatic heterocycles. The summed E-state index contributed by atoms with van der Waals surface area (Å²) in [5.74, 6) is -7.58. The van der Waals surface area contributed by atoms with Crippen molar-refractivity contribution in [2.45, 2.75) is 183 Å². The number of benzene rings is 1. The summed E-state index contributed by atoms with van der Waals surface area (Å²) in [4.78, 5) is 133. The molecule has 7 amide bonds. The molecule has 1 radical (unpaired) electrons. The Balaban J connectivity index is 0.00000453. The van der Waals surface area contributed by atoms with Crippen molar-refractivity contribution in [3.63, 3.8) is 0 Å². The number of carbonyl (C=O) groups excluding carboxylic acids is 7. The normalized spacial score (nSPS) is 32.4. The number of aromatic nitrogens is 2. The third-order valence-corrected chi connectivity index (χ3v) is 21.3. The van der Waals surface area contributed by atoms with Crippen LogP contribution < -0.4 is 44.6 Å². The Morgan fingerprint density at radius 2 is 1.32 bits per heavy atom. The van der Waals surface area contributed by atoms with E-state index in [-0.39, 0.29) is 99.7 Å². The van der Waals surface area contributed by atoms with E-state index in [0.29, 0.717) is 56.4 Å². The summed E-state index contributed by atoms with van der Waals surface area (Å²) in [6.45, 7) is 23.6. The van der Waals surface area contributed by atoms with Gasteiger partial charge >= 0.3 is 16.8 Å². The maximum absolute atomic E-state index is 14.3. The third kappa shape index (κ3) is 14.6. The van der Waals surface area contributed by atoms with Crippen molar-refractivity contribution in [1.82, 2.24) is 14.9 Å². The summed E-state index contributed by atoms with van der Waals surface area (Å²) in [6.07, 6.45) is -4.95. The van der Waals surface area contributed by atoms with E-state index in [9.17, 15) is 53.2 Å². The molecule has 30 heteroatoms. The van der Waals surface area contributed by atoms with Crippen molar-refractivity contribution >= 4 is 83.1 Å². The molecule has 1 saturated heterocycles. The van der Waals surface area contributed by atoms with E-state index in [4.69, 9.17) is 80.0 Å². The topological polar surface area (TPSA) is 487 Å². The number of nitrogens with zero attached hydrogens (tertiary/aromatic N) is 7. The number of primary amides is 6. The average Bonchev–Trinajstić information content (AvgIpc) is 1.53. The zero-order valence-corrected chi connectivity index (χ0v) is 56.3. The zero-order chi connectivity index (χ0) is 68.7. The first-order valence-electron chi connectivity index (χ1n) is 30.6. The van der Waals surface area contributed by atoms with Crippen molar-refractivity contribution in [1.29, 1.82) is 5.26 Å². The minimum absolute atomic E-state index is 0. The fourth-order valence-electron chi connectivity index (χ4n) is 15.0. The number of allylic oxidation sites excluding steroid dienone is 6. The number of aryl methyl sites for hydroxylation is 2. The Hall–Kier alpha value is -7.13. The molecule has 28 nitrogen and oxygen atoms in total. The van der Waals surface area contributed by atoms with Crippen LogP contribution in [-0.4, -0.2) is 127 Å². The van der Waals surface area contributed by atoms with E-state index in [2.05, 4.69) is 10.3 Å². The number of phosphoric acid groups is 1. The number of aliphatic imine (C=N–C) groups is 4. The number of amides is 7. The van der Waals surface area contributed by atoms with Gasteiger partial charge in [-0.25, -0.2) is 4.98 Å². The van der Waals surface area contributed by atoms with E-state index >= 15 is 0 Å². The quantitative estimate of drug-likeness (QED) is 0.0483. The summed E-state index contributed by atoms with van der Waals surface area (Å²) in [7, 11) is -5.32. The Kier molecular flexibility index (Phi) is 22.9. The predicted molar refractivity (Wildman–Crippen MR) is 337 cm³/mol. The Morgan fingerprint density at radius 1 is 0.763 bits per heavy atom. The Morgan fingerprint density at radius 3 is 1.89 bits per heavy atom. The largest absolute Gasteiger partial charge is 2.00 e. The van der Waals surface area contributed by atoms with Crippen molar-refractivity contribution < 1.29 is 83.8 Å². The molecule has 12 unspecified atom stereocenters. The SMILES string of the molecule is C/C1=C2N=C(/C=C3N=C(/C(C)=C4\N=C(C(CC(N)=O)C4(C)CCC(=O)NCC(C)OP(=O)([O-])OC4C(O)[C@@H](n5cnc6cc(C)c(C)cc65)O[C@@H]4CO)C4(C)N=C1C(CCC(N)=O)C4(C)CC(N)=O)C(CCC(N)=O)C\3(C)C)C(CCC(N)=O)C/2(C)CC(N)=O.[C-]#N.[Co+2]. The predicted octanol–water partition coefficient (Wildman–Crippen LogP) is 3.11. The molecule has 1 fully saturated rings. The number of nitrogens with one attached hydrogen (secondary N) is 1. The number of rotatable bonds is 26. The van der Waals surface area contributed by atoms with Crippen molar-refractivity contribution in [2.24, 2.45) is 99.7 Å². The van der Waals surface area contributed by atoms with E-state index < -0.39 is 137 Å². The van der Waals surface area contributed by atoms with E-state index in [0.717, 1.165) is 11.1 Å². The minimum Gasteiger partial charge on any atom is -0.756 e. The molecule has 2 aromatic rings. The summed E-state index contributed by atoms with van der Waals surface area (Å²) in [6, 6.07) is 3.71. The fraction of sp³-hybridized carbons (Fsp3) is 0.603. The number of nitrogens with two attached hydrogens (primary N) is 6. The molecule has 1 aromatic carbocycles. The van der Waals surface area contributed by atoms with Gasteiger partial charge in [-0.05, 0) is 108 Å². The minimum atomic E-state index is -5.32. The molecule has 507 valence electrons. The number of ether oxygens (including phenoxy) is 1. The molecular formula is C63H87CoN14O14P. The van der Waals surface area contributed by atoms with Crippen LogP contribution in [0.2, 0.25) is 0 Å². The van der Waals surface area contributed by atoms with Crippen LogP contribution in [-0.2, 0) is 68.7 Å². The van der Waals surface area contributed by atoms with Gasteiger partial charge < -0.3 is 85.0 Å². The molecule has 8 bridgehead atoms. The molecular weight excluding hydrogens is 1270 g/mol. The average molecular weight is 1350 g/mol. The first-order chi connectivity index (χ1) is 42.8. The molecule has 15 N–H and O–H groups in total. The van der Waals surface area contributed by atoms with Gasteiger partial charge in [-0.3, -0.25) is 58.1 Å². The van der Waals surface area contributed by atoms with E-state index in [1.54, 1.807) is 27.7 Å². The number of carbonyl (C=O) groups is 7. The Bertz CT molecular complexity index is 3670. The van der Waals surface area contributed by atoms with Crippen LogP contribution >= 0.6 is 7.82 Å². The fourth-order valence-corrected chi connectivity index (χ4v) is 16.1. The number of aliphatic hydroxyl groups excluding tert-OH is 2. The number of hydrogen-bond donors (Lipinski definition) is 9. The summed E-state index contributed by atoms with van der Waals surface area (Å²) in [5.41, 5.74) is 36.6. The van der Waals surface area contributed by atoms with Crippen LogP contribution in [0.5, 0.6) is 0 Å². The molecule has 8 rings (SSSR count). The monoisotopic (exact) mass is 1350 g/mol. The van der Waals surface area contributed by atoms with Crippen molar-refractivity contribution in [3.8, 4) is 0 Å². The van der Waals surface area contributed by atoms with Gasteiger partial charge in [0.05, 0.1) is 47.2 Å². The number of hydrogen-bond acceptors (Lipinski definition) is 20. The van der Waals surface area contributed by atoms with Crippen LogP contribution in [0.25, 0.3) is 11.0 Å². The molecule has 0 aliphatic carbocycles. The maximum Gasteiger partial charge on any atom is 2.00 e. The molecule has 0 spiro atoms. The molecule has 14 atom stereocenters. The summed E-state index contributed by atoms with van der Waals surface area (Å²) in [5, 5.41) is 30.7. The van der Waals surface area contributed by atoms with Gasteiger partial charge in [0.15, 0.2) is 6.23 Å². The van der Waals surface area contributed by atoms with Gasteiger partial charge in [-0.1, -0.05) is 34.6 Å². The first-order valence-corrected chi connectivity index (χ1v) is 32.1. The summed E-state index contributed by atoms with van der Waals surface area (Å²) < 4.78 is 31.9. The Labute approximate surface area is 550 Å². The summed E-state index contributed by atoms with van der Waals surface area (Å²) >= 11 is 0. The first kappa shape index (κ1) is 74.9. The van der Waals surface area contributed by atoms with E-state index in [1.807, 2.05) is 59.8 Å². The van der Waals surface area contributed by atoms with E-state index in [1.165, 1.54) is 17.8 Å².